The fourth-order valence-electron chi connectivity index (χ4n) is 1.24. The Bertz CT molecular complexity index is 507. The van der Waals surface area contributed by atoms with Gasteiger partial charge in [-0.15, -0.1) is 0 Å². The molecule has 1 heterocycles. The maximum Gasteiger partial charge on any atom is 0.204 e. The van der Waals surface area contributed by atoms with E-state index in [2.05, 4.69) is 4.37 Å². The van der Waals surface area contributed by atoms with Crippen molar-refractivity contribution in [1.29, 1.82) is 0 Å². The van der Waals surface area contributed by atoms with E-state index in [1.165, 1.54) is 11.5 Å². The van der Waals surface area contributed by atoms with E-state index in [-0.39, 0.29) is 5.78 Å². The van der Waals surface area contributed by atoms with Crippen LogP contribution in [-0.2, 0) is 0 Å². The van der Waals surface area contributed by atoms with Gasteiger partial charge in [0.1, 0.15) is 0 Å². The van der Waals surface area contributed by atoms with Crippen LogP contribution in [0.15, 0.2) is 30.3 Å². The molecular formula is C11H8ClNOS. The van der Waals surface area contributed by atoms with Crippen molar-refractivity contribution in [2.75, 3.05) is 0 Å². The molecule has 1 aromatic carbocycles. The summed E-state index contributed by atoms with van der Waals surface area (Å²) < 4.78 is 4.07. The number of hydrogen-bond donors (Lipinski definition) is 0. The Kier molecular flexibility index (Phi) is 2.84. The second kappa shape index (κ2) is 4.13. The van der Waals surface area contributed by atoms with E-state index in [0.717, 1.165) is 5.69 Å². The van der Waals surface area contributed by atoms with Gasteiger partial charge in [0.25, 0.3) is 0 Å². The number of benzene rings is 1. The predicted molar refractivity (Wildman–Crippen MR) is 61.7 cm³/mol. The van der Waals surface area contributed by atoms with Crippen molar-refractivity contribution in [3.8, 4) is 0 Å². The molecule has 0 aliphatic carbocycles. The zero-order valence-corrected chi connectivity index (χ0v) is 9.60. The number of nitrogens with zero attached hydrogens (tertiary/aromatic N) is 1. The third-order valence-electron chi connectivity index (χ3n) is 1.94. The quantitative estimate of drug-likeness (QED) is 0.750. The summed E-state index contributed by atoms with van der Waals surface area (Å²) in [5, 5.41) is 0.571. The summed E-state index contributed by atoms with van der Waals surface area (Å²) in [6.45, 7) is 1.87. The van der Waals surface area contributed by atoms with E-state index in [4.69, 9.17) is 11.6 Å². The summed E-state index contributed by atoms with van der Waals surface area (Å²) in [6.07, 6.45) is 0. The summed E-state index contributed by atoms with van der Waals surface area (Å²) in [7, 11) is 0. The number of carbonyl (C=O) groups excluding carboxylic acids is 1. The minimum atomic E-state index is -0.0249. The Morgan fingerprint density at radius 3 is 2.80 bits per heavy atom. The topological polar surface area (TPSA) is 30.0 Å². The summed E-state index contributed by atoms with van der Waals surface area (Å²) in [5.41, 5.74) is 1.47. The molecule has 0 saturated carbocycles. The SMILES string of the molecule is Cc1cc(C(=O)c2cccc(Cl)c2)sn1. The van der Waals surface area contributed by atoms with Crippen molar-refractivity contribution in [3.63, 3.8) is 0 Å². The Balaban J connectivity index is 2.36. The molecule has 0 spiro atoms. The summed E-state index contributed by atoms with van der Waals surface area (Å²) >= 11 is 7.03. The van der Waals surface area contributed by atoms with E-state index in [1.54, 1.807) is 30.3 Å². The zero-order chi connectivity index (χ0) is 10.8. The first-order valence-electron chi connectivity index (χ1n) is 4.40. The molecule has 0 aliphatic rings. The van der Waals surface area contributed by atoms with Crippen LogP contribution in [0.4, 0.5) is 0 Å². The minimum absolute atomic E-state index is 0.0249. The maximum atomic E-state index is 11.9. The van der Waals surface area contributed by atoms with Crippen LogP contribution in [0, 0.1) is 6.92 Å². The van der Waals surface area contributed by atoms with Gasteiger partial charge in [0.05, 0.1) is 10.6 Å². The van der Waals surface area contributed by atoms with Gasteiger partial charge in [0.2, 0.25) is 5.78 Å². The number of rotatable bonds is 2. The summed E-state index contributed by atoms with van der Waals surface area (Å²) in [6, 6.07) is 8.72. The van der Waals surface area contributed by atoms with Gasteiger partial charge in [0.15, 0.2) is 0 Å². The largest absolute Gasteiger partial charge is 0.288 e. The molecule has 0 amide bonds. The minimum Gasteiger partial charge on any atom is -0.288 e. The molecule has 0 atom stereocenters. The third-order valence-corrected chi connectivity index (χ3v) is 3.05. The second-order valence-corrected chi connectivity index (χ2v) is 4.41. The lowest BCUT2D eigenvalue weighted by Gasteiger charge is -1.97. The normalized spacial score (nSPS) is 10.3. The smallest absolute Gasteiger partial charge is 0.204 e. The van der Waals surface area contributed by atoms with Crippen LogP contribution >= 0.6 is 23.1 Å². The standard InChI is InChI=1S/C11H8ClNOS/c1-7-5-10(15-13-7)11(14)8-3-2-4-9(12)6-8/h2-6H,1H3. The van der Waals surface area contributed by atoms with Gasteiger partial charge in [-0.1, -0.05) is 23.7 Å². The highest BCUT2D eigenvalue weighted by Gasteiger charge is 2.11. The number of carbonyl (C=O) groups is 1. The molecule has 76 valence electrons. The molecule has 1 aromatic heterocycles. The predicted octanol–water partition coefficient (Wildman–Crippen LogP) is 3.34. The molecule has 15 heavy (non-hydrogen) atoms. The van der Waals surface area contributed by atoms with Crippen molar-refractivity contribution in [2.45, 2.75) is 6.92 Å². The monoisotopic (exact) mass is 237 g/mol. The van der Waals surface area contributed by atoms with Crippen molar-refractivity contribution in [1.82, 2.24) is 4.37 Å². The molecular weight excluding hydrogens is 230 g/mol. The first-order valence-corrected chi connectivity index (χ1v) is 5.55. The van der Waals surface area contributed by atoms with Crippen LogP contribution < -0.4 is 0 Å². The number of halogens is 1. The van der Waals surface area contributed by atoms with E-state index in [0.29, 0.717) is 15.5 Å². The first kappa shape index (κ1) is 10.3. The molecule has 0 fully saturated rings. The molecule has 0 aliphatic heterocycles. The van der Waals surface area contributed by atoms with Gasteiger partial charge in [-0.2, -0.15) is 4.37 Å². The lowest BCUT2D eigenvalue weighted by Crippen LogP contribution is -1.97. The molecule has 4 heteroatoms. The van der Waals surface area contributed by atoms with Crippen LogP contribution in [0.25, 0.3) is 0 Å². The maximum absolute atomic E-state index is 11.9. The van der Waals surface area contributed by atoms with Crippen LogP contribution in [0.3, 0.4) is 0 Å². The Hall–Kier alpha value is -1.19. The molecule has 0 N–H and O–H groups in total. The van der Waals surface area contributed by atoms with Gasteiger partial charge in [-0.25, -0.2) is 0 Å². The van der Waals surface area contributed by atoms with E-state index in [1.807, 2.05) is 6.92 Å². The van der Waals surface area contributed by atoms with Gasteiger partial charge >= 0.3 is 0 Å². The Morgan fingerprint density at radius 1 is 1.40 bits per heavy atom. The van der Waals surface area contributed by atoms with Crippen molar-refractivity contribution >= 4 is 28.9 Å². The molecule has 2 rings (SSSR count). The molecule has 0 saturated heterocycles. The molecule has 0 unspecified atom stereocenters. The highest BCUT2D eigenvalue weighted by atomic mass is 35.5. The van der Waals surface area contributed by atoms with Gasteiger partial charge in [-0.3, -0.25) is 4.79 Å². The number of aromatic nitrogens is 1. The molecule has 0 radical (unpaired) electrons. The summed E-state index contributed by atoms with van der Waals surface area (Å²) in [4.78, 5) is 12.6. The third kappa shape index (κ3) is 2.25. The number of hydrogen-bond acceptors (Lipinski definition) is 3. The zero-order valence-electron chi connectivity index (χ0n) is 8.03. The lowest BCUT2D eigenvalue weighted by molar-refractivity contribution is 0.104. The number of aryl methyl sites for hydroxylation is 1. The first-order chi connectivity index (χ1) is 7.16. The van der Waals surface area contributed by atoms with Gasteiger partial charge in [-0.05, 0) is 36.7 Å². The molecule has 0 bridgehead atoms. The highest BCUT2D eigenvalue weighted by Crippen LogP contribution is 2.17. The second-order valence-electron chi connectivity index (χ2n) is 3.17. The molecule has 2 aromatic rings. The van der Waals surface area contributed by atoms with Gasteiger partial charge < -0.3 is 0 Å². The van der Waals surface area contributed by atoms with Crippen LogP contribution in [0.1, 0.15) is 20.9 Å². The van der Waals surface area contributed by atoms with Crippen LogP contribution in [0.5, 0.6) is 0 Å². The molecule has 2 nitrogen and oxygen atoms in total. The highest BCUT2D eigenvalue weighted by molar-refractivity contribution is 7.08. The van der Waals surface area contributed by atoms with Crippen LogP contribution in [0.2, 0.25) is 5.02 Å². The lowest BCUT2D eigenvalue weighted by atomic mass is 10.1. The van der Waals surface area contributed by atoms with Gasteiger partial charge in [0, 0.05) is 10.6 Å². The average molecular weight is 238 g/mol. The van der Waals surface area contributed by atoms with E-state index < -0.39 is 0 Å². The Morgan fingerprint density at radius 2 is 2.20 bits per heavy atom. The van der Waals surface area contributed by atoms with E-state index >= 15 is 0 Å². The fraction of sp³-hybridized carbons (Fsp3) is 0.0909. The Labute approximate surface area is 96.7 Å². The average Bonchev–Trinajstić information content (AvgIpc) is 2.64. The van der Waals surface area contributed by atoms with Crippen molar-refractivity contribution < 1.29 is 4.79 Å². The van der Waals surface area contributed by atoms with E-state index in [9.17, 15) is 4.79 Å². The fourth-order valence-corrected chi connectivity index (χ4v) is 2.15. The number of ketones is 1. The van der Waals surface area contributed by atoms with Crippen molar-refractivity contribution in [3.05, 3.63) is 51.5 Å². The summed E-state index contributed by atoms with van der Waals surface area (Å²) in [5.74, 6) is -0.0249. The van der Waals surface area contributed by atoms with Crippen LogP contribution in [-0.4, -0.2) is 10.2 Å². The van der Waals surface area contributed by atoms with Crippen molar-refractivity contribution in [2.24, 2.45) is 0 Å².